The van der Waals surface area contributed by atoms with Crippen LogP contribution in [-0.4, -0.2) is 13.1 Å². The maximum atomic E-state index is 3.18. The van der Waals surface area contributed by atoms with Gasteiger partial charge in [0, 0.05) is 13.1 Å². The van der Waals surface area contributed by atoms with Gasteiger partial charge in [0.05, 0.1) is 0 Å². The van der Waals surface area contributed by atoms with Gasteiger partial charge in [-0.2, -0.15) is 0 Å². The largest absolute Gasteiger partial charge is 0.310 e. The normalized spacial score (nSPS) is 18.1. The Balaban J connectivity index is 0.000000360. The fourth-order valence-electron chi connectivity index (χ4n) is 0.588. The topological polar surface area (TPSA) is 12.0 Å². The highest BCUT2D eigenvalue weighted by molar-refractivity contribution is 5.06. The van der Waals surface area contributed by atoms with Crippen LogP contribution in [0.25, 0.3) is 0 Å². The Morgan fingerprint density at radius 2 is 2.43 bits per heavy atom. The molecule has 0 aromatic rings. The molecule has 0 aromatic carbocycles. The molecule has 1 nitrogen and oxygen atoms in total. The van der Waals surface area contributed by atoms with Crippen molar-refractivity contribution < 1.29 is 0 Å². The molecule has 0 aliphatic carbocycles. The van der Waals surface area contributed by atoms with E-state index in [0.29, 0.717) is 0 Å². The van der Waals surface area contributed by atoms with Gasteiger partial charge >= 0.3 is 0 Å². The first-order chi connectivity index (χ1) is 2.89. The molecule has 0 atom stereocenters. The molecule has 0 saturated carbocycles. The Bertz CT molecular complexity index is 74.2. The van der Waals surface area contributed by atoms with Gasteiger partial charge in [0.25, 0.3) is 0 Å². The smallest absolute Gasteiger partial charge is 0.0165 e. The minimum Gasteiger partial charge on any atom is -0.310 e. The first-order valence-electron chi connectivity index (χ1n) is 2.26. The predicted octanol–water partition coefficient (Wildman–Crippen LogP) is 1.17. The van der Waals surface area contributed by atoms with Crippen LogP contribution < -0.4 is 5.32 Å². The van der Waals surface area contributed by atoms with Gasteiger partial charge in [-0.3, -0.25) is 0 Å². The summed E-state index contributed by atoms with van der Waals surface area (Å²) >= 11 is 0. The third kappa shape index (κ3) is 1.74. The minimum absolute atomic E-state index is 0. The van der Waals surface area contributed by atoms with E-state index in [0.717, 1.165) is 13.1 Å². The minimum atomic E-state index is 0. The summed E-state index contributed by atoms with van der Waals surface area (Å²) in [6.07, 6.45) is 2.21. The maximum absolute atomic E-state index is 3.18. The SMILES string of the molecule is C.CC1=CCNC1. The molecule has 0 bridgehead atoms. The molecule has 0 radical (unpaired) electrons. The second kappa shape index (κ2) is 2.80. The molecule has 0 unspecified atom stereocenters. The van der Waals surface area contributed by atoms with Gasteiger partial charge in [0.2, 0.25) is 0 Å². The molecular formula is C6H13N. The Morgan fingerprint density at radius 1 is 1.71 bits per heavy atom. The molecule has 0 saturated heterocycles. The van der Waals surface area contributed by atoms with Crippen LogP contribution in [0, 0.1) is 0 Å². The molecular weight excluding hydrogens is 86.1 g/mol. The lowest BCUT2D eigenvalue weighted by Crippen LogP contribution is -2.06. The second-order valence-electron chi connectivity index (χ2n) is 1.68. The molecule has 1 N–H and O–H groups in total. The summed E-state index contributed by atoms with van der Waals surface area (Å²) in [5.74, 6) is 0. The average Bonchev–Trinajstić information content (AvgIpc) is 1.86. The first-order valence-corrected chi connectivity index (χ1v) is 2.26. The molecule has 1 heterocycles. The zero-order valence-electron chi connectivity index (χ0n) is 3.99. The molecule has 1 aliphatic heterocycles. The monoisotopic (exact) mass is 99.1 g/mol. The van der Waals surface area contributed by atoms with E-state index in [1.54, 1.807) is 0 Å². The van der Waals surface area contributed by atoms with E-state index >= 15 is 0 Å². The van der Waals surface area contributed by atoms with Crippen LogP contribution in [0.1, 0.15) is 14.4 Å². The van der Waals surface area contributed by atoms with Gasteiger partial charge in [0.1, 0.15) is 0 Å². The Hall–Kier alpha value is -0.300. The predicted molar refractivity (Wildman–Crippen MR) is 33.4 cm³/mol. The van der Waals surface area contributed by atoms with Crippen molar-refractivity contribution in [2.24, 2.45) is 0 Å². The van der Waals surface area contributed by atoms with E-state index in [9.17, 15) is 0 Å². The van der Waals surface area contributed by atoms with E-state index in [1.807, 2.05) is 0 Å². The van der Waals surface area contributed by atoms with Crippen molar-refractivity contribution in [3.63, 3.8) is 0 Å². The number of nitrogens with one attached hydrogen (secondary N) is 1. The average molecular weight is 99.2 g/mol. The van der Waals surface area contributed by atoms with Crippen molar-refractivity contribution in [2.45, 2.75) is 14.4 Å². The molecule has 0 spiro atoms. The van der Waals surface area contributed by atoms with Crippen molar-refractivity contribution in [1.29, 1.82) is 0 Å². The molecule has 7 heavy (non-hydrogen) atoms. The summed E-state index contributed by atoms with van der Waals surface area (Å²) in [7, 11) is 0. The highest BCUT2D eigenvalue weighted by Gasteiger charge is 1.92. The van der Waals surface area contributed by atoms with Crippen molar-refractivity contribution in [1.82, 2.24) is 5.32 Å². The van der Waals surface area contributed by atoms with Crippen LogP contribution >= 0.6 is 0 Å². The number of hydrogen-bond acceptors (Lipinski definition) is 1. The molecule has 1 aliphatic rings. The molecule has 0 amide bonds. The van der Waals surface area contributed by atoms with Crippen LogP contribution in [-0.2, 0) is 0 Å². The lowest BCUT2D eigenvalue weighted by atomic mass is 10.3. The summed E-state index contributed by atoms with van der Waals surface area (Å²) in [6, 6.07) is 0. The Kier molecular flexibility index (Phi) is 2.68. The van der Waals surface area contributed by atoms with Crippen LogP contribution in [0.4, 0.5) is 0 Å². The standard InChI is InChI=1S/C5H9N.CH4/c1-5-2-3-6-4-5;/h2,6H,3-4H2,1H3;1H4. The van der Waals surface area contributed by atoms with E-state index in [2.05, 4.69) is 18.3 Å². The van der Waals surface area contributed by atoms with Gasteiger partial charge in [0.15, 0.2) is 0 Å². The van der Waals surface area contributed by atoms with E-state index in [-0.39, 0.29) is 7.43 Å². The third-order valence-corrected chi connectivity index (χ3v) is 0.999. The van der Waals surface area contributed by atoms with Gasteiger partial charge in [-0.1, -0.05) is 19.1 Å². The van der Waals surface area contributed by atoms with Crippen LogP contribution in [0.3, 0.4) is 0 Å². The summed E-state index contributed by atoms with van der Waals surface area (Å²) in [5.41, 5.74) is 1.47. The van der Waals surface area contributed by atoms with E-state index in [1.165, 1.54) is 5.57 Å². The van der Waals surface area contributed by atoms with Crippen molar-refractivity contribution in [2.75, 3.05) is 13.1 Å². The van der Waals surface area contributed by atoms with Gasteiger partial charge in [-0.05, 0) is 6.92 Å². The number of rotatable bonds is 0. The molecule has 0 aromatic heterocycles. The summed E-state index contributed by atoms with van der Waals surface area (Å²) in [4.78, 5) is 0. The number of hydrogen-bond donors (Lipinski definition) is 1. The zero-order chi connectivity index (χ0) is 4.41. The molecule has 1 rings (SSSR count). The van der Waals surface area contributed by atoms with Crippen molar-refractivity contribution in [3.8, 4) is 0 Å². The fraction of sp³-hybridized carbons (Fsp3) is 0.667. The fourth-order valence-corrected chi connectivity index (χ4v) is 0.588. The molecule has 0 fully saturated rings. The third-order valence-electron chi connectivity index (χ3n) is 0.999. The van der Waals surface area contributed by atoms with Crippen molar-refractivity contribution >= 4 is 0 Å². The van der Waals surface area contributed by atoms with E-state index in [4.69, 9.17) is 0 Å². The summed E-state index contributed by atoms with van der Waals surface area (Å²) < 4.78 is 0. The van der Waals surface area contributed by atoms with Crippen molar-refractivity contribution in [3.05, 3.63) is 11.6 Å². The quantitative estimate of drug-likeness (QED) is 0.449. The first kappa shape index (κ1) is 6.70. The van der Waals surface area contributed by atoms with Crippen LogP contribution in [0.15, 0.2) is 11.6 Å². The Morgan fingerprint density at radius 3 is 2.57 bits per heavy atom. The lowest BCUT2D eigenvalue weighted by molar-refractivity contribution is 0.875. The van der Waals surface area contributed by atoms with Gasteiger partial charge in [-0.15, -0.1) is 0 Å². The highest BCUT2D eigenvalue weighted by Crippen LogP contribution is 1.92. The summed E-state index contributed by atoms with van der Waals surface area (Å²) in [5, 5.41) is 3.18. The van der Waals surface area contributed by atoms with Crippen LogP contribution in [0.5, 0.6) is 0 Å². The second-order valence-corrected chi connectivity index (χ2v) is 1.68. The molecule has 1 heteroatoms. The van der Waals surface area contributed by atoms with Gasteiger partial charge in [-0.25, -0.2) is 0 Å². The highest BCUT2D eigenvalue weighted by atomic mass is 14.9. The lowest BCUT2D eigenvalue weighted by Gasteiger charge is -1.83. The zero-order valence-corrected chi connectivity index (χ0v) is 3.99. The summed E-state index contributed by atoms with van der Waals surface area (Å²) in [6.45, 7) is 4.31. The van der Waals surface area contributed by atoms with Crippen LogP contribution in [0.2, 0.25) is 0 Å². The van der Waals surface area contributed by atoms with E-state index < -0.39 is 0 Å². The molecule has 42 valence electrons. The van der Waals surface area contributed by atoms with Gasteiger partial charge < -0.3 is 5.32 Å². The maximum Gasteiger partial charge on any atom is 0.0165 e. The Labute approximate surface area is 45.4 Å².